The third-order valence-electron chi connectivity index (χ3n) is 5.21. The Balaban J connectivity index is 2.19. The van der Waals surface area contributed by atoms with Gasteiger partial charge in [0.2, 0.25) is 0 Å². The molecule has 0 spiro atoms. The van der Waals surface area contributed by atoms with Gasteiger partial charge in [0.05, 0.1) is 12.0 Å². The summed E-state index contributed by atoms with van der Waals surface area (Å²) in [4.78, 5) is 25.5. The Bertz CT molecular complexity index is 623. The van der Waals surface area contributed by atoms with Crippen molar-refractivity contribution in [2.45, 2.75) is 44.1 Å². The van der Waals surface area contributed by atoms with E-state index in [4.69, 9.17) is 4.74 Å². The second-order valence-electron chi connectivity index (χ2n) is 6.86. The molecule has 138 valence electrons. The van der Waals surface area contributed by atoms with Gasteiger partial charge in [0, 0.05) is 18.2 Å². The predicted molar refractivity (Wildman–Crippen MR) is 96.1 cm³/mol. The number of nitrogens with one attached hydrogen (secondary N) is 1. The van der Waals surface area contributed by atoms with Crippen molar-refractivity contribution in [3.8, 4) is 5.75 Å². The maximum Gasteiger partial charge on any atom is 0.282 e. The molecule has 1 aliphatic rings. The number of carbonyl (C=O) groups excluding carboxylic acids is 1. The quantitative estimate of drug-likeness (QED) is 0.485. The van der Waals surface area contributed by atoms with Gasteiger partial charge in [0.25, 0.3) is 11.6 Å². The van der Waals surface area contributed by atoms with Crippen molar-refractivity contribution in [3.63, 3.8) is 0 Å². The maximum atomic E-state index is 12.6. The van der Waals surface area contributed by atoms with E-state index in [0.717, 1.165) is 25.7 Å². The molecule has 1 saturated carbocycles. The molecule has 1 amide bonds. The standard InChI is InChI=1S/C18H27N3O4/c1-20(2)18(10-6-4-5-7-11-18)13-19-17(22)15-12-14(25-3)8-9-16(15)21(23)24/h8-9,12H,4-7,10-11,13H2,1-3H3,(H,19,22). The monoisotopic (exact) mass is 349 g/mol. The summed E-state index contributed by atoms with van der Waals surface area (Å²) in [7, 11) is 5.53. The van der Waals surface area contributed by atoms with Crippen LogP contribution >= 0.6 is 0 Å². The van der Waals surface area contributed by atoms with Gasteiger partial charge >= 0.3 is 0 Å². The zero-order valence-electron chi connectivity index (χ0n) is 15.2. The second kappa shape index (κ2) is 8.29. The van der Waals surface area contributed by atoms with E-state index in [1.807, 2.05) is 14.1 Å². The van der Waals surface area contributed by atoms with Gasteiger partial charge in [-0.25, -0.2) is 0 Å². The highest BCUT2D eigenvalue weighted by molar-refractivity contribution is 5.98. The number of hydrogen-bond donors (Lipinski definition) is 1. The van der Waals surface area contributed by atoms with Crippen LogP contribution in [0.1, 0.15) is 48.9 Å². The van der Waals surface area contributed by atoms with Gasteiger partial charge < -0.3 is 15.0 Å². The number of methoxy groups -OCH3 is 1. The Hall–Kier alpha value is -2.15. The summed E-state index contributed by atoms with van der Waals surface area (Å²) in [6.07, 6.45) is 6.72. The molecule has 1 aromatic rings. The lowest BCUT2D eigenvalue weighted by Crippen LogP contribution is -2.52. The third kappa shape index (κ3) is 4.48. The summed E-state index contributed by atoms with van der Waals surface area (Å²) >= 11 is 0. The van der Waals surface area contributed by atoms with Crippen molar-refractivity contribution in [2.75, 3.05) is 27.7 Å². The van der Waals surface area contributed by atoms with Crippen LogP contribution in [0.5, 0.6) is 5.75 Å². The number of rotatable bonds is 6. The molecule has 0 saturated heterocycles. The van der Waals surface area contributed by atoms with Gasteiger partial charge in [0.1, 0.15) is 11.3 Å². The topological polar surface area (TPSA) is 84.7 Å². The summed E-state index contributed by atoms with van der Waals surface area (Å²) in [6, 6.07) is 4.21. The molecule has 0 heterocycles. The van der Waals surface area contributed by atoms with E-state index < -0.39 is 10.8 Å². The van der Waals surface area contributed by atoms with Crippen molar-refractivity contribution in [2.24, 2.45) is 0 Å². The fourth-order valence-electron chi connectivity index (χ4n) is 3.49. The number of nitro groups is 1. The fraction of sp³-hybridized carbons (Fsp3) is 0.611. The van der Waals surface area contributed by atoms with Crippen LogP contribution in [0, 0.1) is 10.1 Å². The zero-order valence-corrected chi connectivity index (χ0v) is 15.2. The molecule has 1 aromatic carbocycles. The number of ether oxygens (including phenoxy) is 1. The number of likely N-dealkylation sites (N-methyl/N-ethyl adjacent to an activating group) is 1. The van der Waals surface area contributed by atoms with Crippen molar-refractivity contribution in [1.82, 2.24) is 10.2 Å². The van der Waals surface area contributed by atoms with E-state index in [1.165, 1.54) is 38.2 Å². The molecule has 1 fully saturated rings. The molecular weight excluding hydrogens is 322 g/mol. The number of amides is 1. The molecule has 7 heteroatoms. The first-order valence-corrected chi connectivity index (χ1v) is 8.68. The zero-order chi connectivity index (χ0) is 18.4. The van der Waals surface area contributed by atoms with E-state index in [-0.39, 0.29) is 16.8 Å². The molecule has 7 nitrogen and oxygen atoms in total. The van der Waals surface area contributed by atoms with E-state index in [1.54, 1.807) is 0 Å². The molecule has 0 radical (unpaired) electrons. The minimum Gasteiger partial charge on any atom is -0.497 e. The molecule has 1 N–H and O–H groups in total. The van der Waals surface area contributed by atoms with Crippen LogP contribution in [-0.4, -0.2) is 49.0 Å². The van der Waals surface area contributed by atoms with Gasteiger partial charge in [-0.1, -0.05) is 25.7 Å². The first-order chi connectivity index (χ1) is 11.9. The lowest BCUT2D eigenvalue weighted by Gasteiger charge is -2.39. The van der Waals surface area contributed by atoms with Crippen LogP contribution in [0.2, 0.25) is 0 Å². The summed E-state index contributed by atoms with van der Waals surface area (Å²) < 4.78 is 5.10. The van der Waals surface area contributed by atoms with Gasteiger partial charge in [-0.3, -0.25) is 14.9 Å². The Morgan fingerprint density at radius 2 is 1.92 bits per heavy atom. The molecule has 0 unspecified atom stereocenters. The van der Waals surface area contributed by atoms with Crippen LogP contribution in [-0.2, 0) is 0 Å². The molecule has 2 rings (SSSR count). The molecular formula is C18H27N3O4. The Morgan fingerprint density at radius 3 is 2.44 bits per heavy atom. The van der Waals surface area contributed by atoms with Crippen molar-refractivity contribution in [1.29, 1.82) is 0 Å². The lowest BCUT2D eigenvalue weighted by atomic mass is 9.88. The van der Waals surface area contributed by atoms with E-state index >= 15 is 0 Å². The highest BCUT2D eigenvalue weighted by Crippen LogP contribution is 2.31. The van der Waals surface area contributed by atoms with Gasteiger partial charge in [-0.2, -0.15) is 0 Å². The number of carbonyl (C=O) groups is 1. The van der Waals surface area contributed by atoms with E-state index in [0.29, 0.717) is 12.3 Å². The maximum absolute atomic E-state index is 12.6. The van der Waals surface area contributed by atoms with Crippen molar-refractivity contribution >= 4 is 11.6 Å². The summed E-state index contributed by atoms with van der Waals surface area (Å²) in [5, 5.41) is 14.1. The van der Waals surface area contributed by atoms with Gasteiger partial charge in [0.15, 0.2) is 0 Å². The Morgan fingerprint density at radius 1 is 1.28 bits per heavy atom. The van der Waals surface area contributed by atoms with Gasteiger partial charge in [-0.05, 0) is 39.1 Å². The van der Waals surface area contributed by atoms with Crippen molar-refractivity contribution in [3.05, 3.63) is 33.9 Å². The Labute approximate surface area is 148 Å². The third-order valence-corrected chi connectivity index (χ3v) is 5.21. The van der Waals surface area contributed by atoms with Crippen LogP contribution in [0.4, 0.5) is 5.69 Å². The molecule has 0 aromatic heterocycles. The average Bonchev–Trinajstić information content (AvgIpc) is 2.85. The molecule has 0 bridgehead atoms. The summed E-state index contributed by atoms with van der Waals surface area (Å²) in [5.41, 5.74) is -0.273. The van der Waals surface area contributed by atoms with Gasteiger partial charge in [-0.15, -0.1) is 0 Å². The molecule has 25 heavy (non-hydrogen) atoms. The summed E-state index contributed by atoms with van der Waals surface area (Å²) in [5.74, 6) is -0.0105. The van der Waals surface area contributed by atoms with Crippen LogP contribution in [0.25, 0.3) is 0 Å². The largest absolute Gasteiger partial charge is 0.497 e. The molecule has 0 atom stereocenters. The van der Waals surface area contributed by atoms with Crippen LogP contribution in [0.15, 0.2) is 18.2 Å². The Kier molecular flexibility index (Phi) is 6.36. The van der Waals surface area contributed by atoms with Crippen molar-refractivity contribution < 1.29 is 14.5 Å². The first-order valence-electron chi connectivity index (χ1n) is 8.68. The SMILES string of the molecule is COc1ccc([N+](=O)[O-])c(C(=O)NCC2(N(C)C)CCCCCC2)c1. The van der Waals surface area contributed by atoms with Crippen LogP contribution in [0.3, 0.4) is 0 Å². The lowest BCUT2D eigenvalue weighted by molar-refractivity contribution is -0.385. The van der Waals surface area contributed by atoms with Crippen LogP contribution < -0.4 is 10.1 Å². The average molecular weight is 349 g/mol. The normalized spacial score (nSPS) is 17.0. The smallest absolute Gasteiger partial charge is 0.282 e. The highest BCUT2D eigenvalue weighted by atomic mass is 16.6. The number of benzene rings is 1. The fourth-order valence-corrected chi connectivity index (χ4v) is 3.49. The minimum atomic E-state index is -0.540. The summed E-state index contributed by atoms with van der Waals surface area (Å²) in [6.45, 7) is 0.479. The number of nitrogens with zero attached hydrogens (tertiary/aromatic N) is 2. The van der Waals surface area contributed by atoms with E-state index in [9.17, 15) is 14.9 Å². The predicted octanol–water partition coefficient (Wildman–Crippen LogP) is 2.99. The number of nitro benzene ring substituents is 1. The van der Waals surface area contributed by atoms with E-state index in [2.05, 4.69) is 10.2 Å². The number of hydrogen-bond acceptors (Lipinski definition) is 5. The molecule has 1 aliphatic carbocycles. The molecule has 0 aliphatic heterocycles. The highest BCUT2D eigenvalue weighted by Gasteiger charge is 2.34. The second-order valence-corrected chi connectivity index (χ2v) is 6.86. The minimum absolute atomic E-state index is 0.0341. The first kappa shape index (κ1) is 19.2.